The molecule has 2 aromatic carbocycles. The summed E-state index contributed by atoms with van der Waals surface area (Å²) in [7, 11) is -3.84. The Morgan fingerprint density at radius 2 is 1.93 bits per heavy atom. The smallest absolute Gasteiger partial charge is 0.262 e. The van der Waals surface area contributed by atoms with E-state index in [0.29, 0.717) is 15.7 Å². The number of benzene rings is 2. The zero-order valence-corrected chi connectivity index (χ0v) is 18.1. The summed E-state index contributed by atoms with van der Waals surface area (Å²) in [5, 5.41) is 2.12. The first-order chi connectivity index (χ1) is 14.3. The van der Waals surface area contributed by atoms with Crippen LogP contribution < -0.4 is 15.0 Å². The summed E-state index contributed by atoms with van der Waals surface area (Å²) >= 11 is 7.39. The number of aromatic nitrogens is 2. The number of anilines is 1. The quantitative estimate of drug-likeness (QED) is 0.467. The molecule has 0 spiro atoms. The number of fused-ring (bicyclic) bond motifs is 1. The Labute approximate surface area is 181 Å². The zero-order valence-electron chi connectivity index (χ0n) is 15.7. The van der Waals surface area contributed by atoms with E-state index in [4.69, 9.17) is 16.3 Å². The highest BCUT2D eigenvalue weighted by Crippen LogP contribution is 2.30. The van der Waals surface area contributed by atoms with E-state index in [1.54, 1.807) is 35.8 Å². The van der Waals surface area contributed by atoms with Crippen LogP contribution in [0, 0.1) is 6.92 Å². The van der Waals surface area contributed by atoms with E-state index in [1.807, 2.05) is 6.92 Å². The average molecular weight is 462 g/mol. The van der Waals surface area contributed by atoms with Gasteiger partial charge in [-0.15, -0.1) is 11.3 Å². The minimum absolute atomic E-state index is 0.00939. The Hall–Kier alpha value is -2.88. The Bertz CT molecular complexity index is 1380. The molecule has 154 valence electrons. The van der Waals surface area contributed by atoms with Crippen molar-refractivity contribution in [2.45, 2.75) is 18.4 Å². The molecule has 0 fully saturated rings. The number of rotatable bonds is 6. The molecule has 4 rings (SSSR count). The van der Waals surface area contributed by atoms with Crippen LogP contribution in [0.1, 0.15) is 11.3 Å². The first-order valence-corrected chi connectivity index (χ1v) is 11.5. The van der Waals surface area contributed by atoms with E-state index in [1.165, 1.54) is 40.0 Å². The van der Waals surface area contributed by atoms with E-state index in [2.05, 4.69) is 9.71 Å². The maximum atomic E-state index is 12.7. The van der Waals surface area contributed by atoms with Crippen LogP contribution in [-0.4, -0.2) is 17.8 Å². The van der Waals surface area contributed by atoms with Gasteiger partial charge in [0.15, 0.2) is 4.96 Å². The lowest BCUT2D eigenvalue weighted by molar-refractivity contribution is 0.303. The van der Waals surface area contributed by atoms with E-state index >= 15 is 0 Å². The van der Waals surface area contributed by atoms with Gasteiger partial charge in [-0.3, -0.25) is 13.9 Å². The highest BCUT2D eigenvalue weighted by atomic mass is 35.5. The molecular weight excluding hydrogens is 446 g/mol. The van der Waals surface area contributed by atoms with Gasteiger partial charge in [-0.05, 0) is 37.3 Å². The first-order valence-electron chi connectivity index (χ1n) is 8.79. The van der Waals surface area contributed by atoms with Crippen molar-refractivity contribution in [3.05, 3.63) is 86.7 Å². The standard InChI is InChI=1S/C20H16ClN3O4S2/c1-13-2-5-16(6-3-13)30(26,27)23-17-10-14(21)4-7-18(17)28-12-15-11-19(25)24-8-9-29-20(24)22-15/h2-11,23H,12H2,1H3. The van der Waals surface area contributed by atoms with Crippen molar-refractivity contribution < 1.29 is 13.2 Å². The maximum absolute atomic E-state index is 12.7. The van der Waals surface area contributed by atoms with Gasteiger partial charge in [0.1, 0.15) is 12.4 Å². The third-order valence-electron chi connectivity index (χ3n) is 4.25. The molecule has 0 aliphatic rings. The van der Waals surface area contributed by atoms with Crippen LogP contribution in [0.3, 0.4) is 0 Å². The molecule has 0 aliphatic heterocycles. The molecule has 4 aromatic rings. The van der Waals surface area contributed by atoms with Crippen molar-refractivity contribution in [2.75, 3.05) is 4.72 Å². The number of halogens is 1. The van der Waals surface area contributed by atoms with Crippen molar-refractivity contribution >= 4 is 43.6 Å². The fourth-order valence-corrected chi connectivity index (χ4v) is 4.71. The van der Waals surface area contributed by atoms with Crippen molar-refractivity contribution in [3.8, 4) is 5.75 Å². The van der Waals surface area contributed by atoms with Crippen LogP contribution in [0.5, 0.6) is 5.75 Å². The fourth-order valence-electron chi connectivity index (χ4n) is 2.74. The third kappa shape index (κ3) is 4.33. The van der Waals surface area contributed by atoms with Crippen LogP contribution in [0.4, 0.5) is 5.69 Å². The molecule has 30 heavy (non-hydrogen) atoms. The van der Waals surface area contributed by atoms with Crippen molar-refractivity contribution in [3.63, 3.8) is 0 Å². The van der Waals surface area contributed by atoms with Gasteiger partial charge < -0.3 is 4.74 Å². The SMILES string of the molecule is Cc1ccc(S(=O)(=O)Nc2cc(Cl)ccc2OCc2cc(=O)n3ccsc3n2)cc1. The van der Waals surface area contributed by atoms with E-state index in [0.717, 1.165) is 5.56 Å². The van der Waals surface area contributed by atoms with Crippen molar-refractivity contribution in [2.24, 2.45) is 0 Å². The predicted molar refractivity (Wildman–Crippen MR) is 117 cm³/mol. The summed E-state index contributed by atoms with van der Waals surface area (Å²) in [6, 6.07) is 12.5. The van der Waals surface area contributed by atoms with E-state index in [9.17, 15) is 13.2 Å². The second-order valence-electron chi connectivity index (χ2n) is 6.49. The van der Waals surface area contributed by atoms with E-state index < -0.39 is 10.0 Å². The number of thiazole rings is 1. The number of aryl methyl sites for hydroxylation is 1. The molecule has 0 unspecified atom stereocenters. The maximum Gasteiger partial charge on any atom is 0.262 e. The summed E-state index contributed by atoms with van der Waals surface area (Å²) in [5.41, 5.74) is 1.37. The number of nitrogens with one attached hydrogen (secondary N) is 1. The molecule has 2 heterocycles. The monoisotopic (exact) mass is 461 g/mol. The minimum Gasteiger partial charge on any atom is -0.485 e. The van der Waals surface area contributed by atoms with Crippen molar-refractivity contribution in [1.29, 1.82) is 0 Å². The van der Waals surface area contributed by atoms with Crippen LogP contribution in [-0.2, 0) is 16.6 Å². The van der Waals surface area contributed by atoms with Gasteiger partial charge in [0.25, 0.3) is 15.6 Å². The lowest BCUT2D eigenvalue weighted by Crippen LogP contribution is -2.15. The topological polar surface area (TPSA) is 89.8 Å². The molecular formula is C20H16ClN3O4S2. The molecule has 0 atom stereocenters. The van der Waals surface area contributed by atoms with Gasteiger partial charge >= 0.3 is 0 Å². The summed E-state index contributed by atoms with van der Waals surface area (Å²) in [6.45, 7) is 1.87. The van der Waals surface area contributed by atoms with Crippen LogP contribution >= 0.6 is 22.9 Å². The summed E-state index contributed by atoms with van der Waals surface area (Å²) in [5.74, 6) is 0.267. The van der Waals surface area contributed by atoms with Gasteiger partial charge in [0.2, 0.25) is 0 Å². The molecule has 0 saturated heterocycles. The second-order valence-corrected chi connectivity index (χ2v) is 9.48. The number of hydrogen-bond donors (Lipinski definition) is 1. The molecule has 0 saturated carbocycles. The molecule has 0 radical (unpaired) electrons. The molecule has 10 heteroatoms. The van der Waals surface area contributed by atoms with Gasteiger partial charge in [-0.25, -0.2) is 13.4 Å². The highest BCUT2D eigenvalue weighted by Gasteiger charge is 2.17. The average Bonchev–Trinajstić information content (AvgIpc) is 3.17. The summed E-state index contributed by atoms with van der Waals surface area (Å²) in [4.78, 5) is 17.2. The van der Waals surface area contributed by atoms with Crippen LogP contribution in [0.2, 0.25) is 5.02 Å². The number of ether oxygens (including phenoxy) is 1. The van der Waals surface area contributed by atoms with Gasteiger partial charge in [0.05, 0.1) is 16.3 Å². The number of sulfonamides is 1. The highest BCUT2D eigenvalue weighted by molar-refractivity contribution is 7.92. The van der Waals surface area contributed by atoms with E-state index in [-0.39, 0.29) is 28.5 Å². The lowest BCUT2D eigenvalue weighted by atomic mass is 10.2. The number of hydrogen-bond acceptors (Lipinski definition) is 6. The Kier molecular flexibility index (Phi) is 5.50. The largest absolute Gasteiger partial charge is 0.485 e. The Morgan fingerprint density at radius 1 is 1.17 bits per heavy atom. The molecule has 0 bridgehead atoms. The zero-order chi connectivity index (χ0) is 21.3. The first kappa shape index (κ1) is 20.4. The normalized spacial score (nSPS) is 11.5. The van der Waals surface area contributed by atoms with Crippen LogP contribution in [0.25, 0.3) is 4.96 Å². The second kappa shape index (κ2) is 8.10. The minimum atomic E-state index is -3.84. The number of nitrogens with zero attached hydrogens (tertiary/aromatic N) is 2. The Balaban J connectivity index is 1.60. The molecule has 7 nitrogen and oxygen atoms in total. The van der Waals surface area contributed by atoms with Crippen molar-refractivity contribution in [1.82, 2.24) is 9.38 Å². The van der Waals surface area contributed by atoms with Gasteiger partial charge in [-0.2, -0.15) is 0 Å². The van der Waals surface area contributed by atoms with Gasteiger partial charge in [-0.1, -0.05) is 29.3 Å². The third-order valence-corrected chi connectivity index (χ3v) is 6.62. The molecule has 1 N–H and O–H groups in total. The van der Waals surface area contributed by atoms with Crippen LogP contribution in [0.15, 0.2) is 69.8 Å². The fraction of sp³-hybridized carbons (Fsp3) is 0.100. The molecule has 0 amide bonds. The predicted octanol–water partition coefficient (Wildman–Crippen LogP) is 4.10. The summed E-state index contributed by atoms with van der Waals surface area (Å²) < 4.78 is 35.2. The van der Waals surface area contributed by atoms with Gasteiger partial charge in [0, 0.05) is 22.7 Å². The molecule has 0 aliphatic carbocycles. The Morgan fingerprint density at radius 3 is 2.70 bits per heavy atom. The molecule has 2 aromatic heterocycles. The lowest BCUT2D eigenvalue weighted by Gasteiger charge is -2.14. The summed E-state index contributed by atoms with van der Waals surface area (Å²) in [6.07, 6.45) is 1.65.